The van der Waals surface area contributed by atoms with Gasteiger partial charge in [-0.05, 0) is 49.2 Å². The molecule has 1 amide bonds. The topological polar surface area (TPSA) is 83.3 Å². The second-order valence-electron chi connectivity index (χ2n) is 7.90. The first-order valence-corrected chi connectivity index (χ1v) is 10.6. The van der Waals surface area contributed by atoms with Crippen LogP contribution >= 0.6 is 11.6 Å². The lowest BCUT2D eigenvalue weighted by molar-refractivity contribution is -0.120. The van der Waals surface area contributed by atoms with Crippen molar-refractivity contribution in [1.29, 1.82) is 0 Å². The number of rotatable bonds is 3. The largest absolute Gasteiger partial charge is 0.506 e. The van der Waals surface area contributed by atoms with Gasteiger partial charge in [-0.2, -0.15) is 0 Å². The van der Waals surface area contributed by atoms with Crippen LogP contribution in [0, 0.1) is 5.92 Å². The van der Waals surface area contributed by atoms with Crippen molar-refractivity contribution in [2.24, 2.45) is 13.0 Å². The number of piperidine rings is 1. The van der Waals surface area contributed by atoms with Crippen molar-refractivity contribution in [1.82, 2.24) is 14.5 Å². The van der Waals surface area contributed by atoms with Gasteiger partial charge in [-0.15, -0.1) is 0 Å². The molecular weight excluding hydrogens is 414 g/mol. The fourth-order valence-electron chi connectivity index (χ4n) is 4.17. The number of phenolic OH excluding ortho intramolecular Hbond substituents is 1. The lowest BCUT2D eigenvalue weighted by Gasteiger charge is -2.32. The van der Waals surface area contributed by atoms with E-state index in [-0.39, 0.29) is 17.6 Å². The van der Waals surface area contributed by atoms with E-state index in [0.29, 0.717) is 16.5 Å². The third-order valence-corrected chi connectivity index (χ3v) is 6.19. The van der Waals surface area contributed by atoms with Gasteiger partial charge >= 0.3 is 0 Å². The van der Waals surface area contributed by atoms with Gasteiger partial charge in [0.1, 0.15) is 17.1 Å². The van der Waals surface area contributed by atoms with Crippen LogP contribution in [0.3, 0.4) is 0 Å². The quantitative estimate of drug-likeness (QED) is 0.500. The summed E-state index contributed by atoms with van der Waals surface area (Å²) in [6.07, 6.45) is 1.45. The van der Waals surface area contributed by atoms with Crippen LogP contribution in [0.2, 0.25) is 5.02 Å². The van der Waals surface area contributed by atoms with E-state index < -0.39 is 0 Å². The standard InChI is InChI=1S/C23H22ClN5O2/c1-28-18-7-6-16(24)13-17(18)25-23(28)27-22(31)15-9-11-29(12-10-15)20-8-5-14-3-2-4-19(30)21(14)26-20/h2-8,13,15,30H,9-12H2,1H3,(H,25,27,31). The SMILES string of the molecule is Cn1c(NC(=O)C2CCN(c3ccc4cccc(O)c4n3)CC2)nc2cc(Cl)ccc21. The van der Waals surface area contributed by atoms with Gasteiger partial charge in [0.25, 0.3) is 0 Å². The lowest BCUT2D eigenvalue weighted by Crippen LogP contribution is -2.38. The number of imidazole rings is 1. The van der Waals surface area contributed by atoms with Crippen molar-refractivity contribution >= 4 is 51.2 Å². The van der Waals surface area contributed by atoms with Gasteiger partial charge in [0.2, 0.25) is 11.9 Å². The summed E-state index contributed by atoms with van der Waals surface area (Å²) in [5, 5.41) is 14.6. The monoisotopic (exact) mass is 435 g/mol. The zero-order valence-corrected chi connectivity index (χ0v) is 17.8. The average molecular weight is 436 g/mol. The molecule has 1 aliphatic heterocycles. The van der Waals surface area contributed by atoms with Gasteiger partial charge in [0.15, 0.2) is 0 Å². The number of aromatic hydroxyl groups is 1. The Morgan fingerprint density at radius 3 is 2.74 bits per heavy atom. The first-order valence-electron chi connectivity index (χ1n) is 10.3. The Bertz CT molecular complexity index is 1290. The Morgan fingerprint density at radius 1 is 1.13 bits per heavy atom. The predicted molar refractivity (Wildman–Crippen MR) is 123 cm³/mol. The smallest absolute Gasteiger partial charge is 0.229 e. The van der Waals surface area contributed by atoms with Crippen LogP contribution in [0.5, 0.6) is 5.75 Å². The summed E-state index contributed by atoms with van der Waals surface area (Å²) in [7, 11) is 1.88. The van der Waals surface area contributed by atoms with E-state index in [0.717, 1.165) is 48.2 Å². The summed E-state index contributed by atoms with van der Waals surface area (Å²) in [5.41, 5.74) is 2.27. The Labute approximate surface area is 184 Å². The summed E-state index contributed by atoms with van der Waals surface area (Å²) in [4.78, 5) is 24.2. The molecule has 8 heteroatoms. The normalized spacial score (nSPS) is 15.0. The molecule has 5 rings (SSSR count). The second-order valence-corrected chi connectivity index (χ2v) is 8.33. The number of carbonyl (C=O) groups excluding carboxylic acids is 1. The summed E-state index contributed by atoms with van der Waals surface area (Å²) in [5.74, 6) is 1.41. The van der Waals surface area contributed by atoms with Crippen molar-refractivity contribution in [2.45, 2.75) is 12.8 Å². The van der Waals surface area contributed by atoms with Gasteiger partial charge in [-0.25, -0.2) is 9.97 Å². The number of anilines is 2. The van der Waals surface area contributed by atoms with Crippen LogP contribution < -0.4 is 10.2 Å². The maximum atomic E-state index is 12.9. The van der Waals surface area contributed by atoms with Crippen LogP contribution in [-0.4, -0.2) is 38.6 Å². The molecule has 158 valence electrons. The zero-order chi connectivity index (χ0) is 21.5. The maximum Gasteiger partial charge on any atom is 0.229 e. The molecule has 3 heterocycles. The Hall–Kier alpha value is -3.32. The molecule has 1 aliphatic rings. The highest BCUT2D eigenvalue weighted by atomic mass is 35.5. The molecule has 1 saturated heterocycles. The fraction of sp³-hybridized carbons (Fsp3) is 0.261. The fourth-order valence-corrected chi connectivity index (χ4v) is 4.33. The van der Waals surface area contributed by atoms with Gasteiger partial charge in [0, 0.05) is 36.5 Å². The molecule has 0 aliphatic carbocycles. The minimum atomic E-state index is -0.0893. The molecule has 7 nitrogen and oxygen atoms in total. The summed E-state index contributed by atoms with van der Waals surface area (Å²) >= 11 is 6.05. The summed E-state index contributed by atoms with van der Waals surface area (Å²) < 4.78 is 1.87. The molecule has 0 atom stereocenters. The molecule has 31 heavy (non-hydrogen) atoms. The number of hydrogen-bond donors (Lipinski definition) is 2. The summed E-state index contributed by atoms with van der Waals surface area (Å²) in [6.45, 7) is 1.45. The van der Waals surface area contributed by atoms with Crippen LogP contribution in [0.25, 0.3) is 21.9 Å². The number of nitrogens with zero attached hydrogens (tertiary/aromatic N) is 4. The number of para-hydroxylation sites is 1. The van der Waals surface area contributed by atoms with E-state index in [1.165, 1.54) is 0 Å². The first-order chi connectivity index (χ1) is 15.0. The molecule has 4 aromatic rings. The number of pyridine rings is 1. The highest BCUT2D eigenvalue weighted by molar-refractivity contribution is 6.31. The minimum absolute atomic E-state index is 0.0201. The minimum Gasteiger partial charge on any atom is -0.506 e. The number of aromatic nitrogens is 3. The van der Waals surface area contributed by atoms with Crippen LogP contribution in [0.15, 0.2) is 48.5 Å². The summed E-state index contributed by atoms with van der Waals surface area (Å²) in [6, 6.07) is 14.8. The third-order valence-electron chi connectivity index (χ3n) is 5.95. The molecule has 2 aromatic carbocycles. The number of benzene rings is 2. The number of nitrogens with one attached hydrogen (secondary N) is 1. The molecular formula is C23H22ClN5O2. The molecule has 1 fully saturated rings. The second kappa shape index (κ2) is 7.74. The van der Waals surface area contributed by atoms with Crippen molar-refractivity contribution in [3.05, 3.63) is 53.6 Å². The average Bonchev–Trinajstić information content (AvgIpc) is 3.08. The number of carbonyl (C=O) groups is 1. The van der Waals surface area contributed by atoms with Crippen LogP contribution in [0.4, 0.5) is 11.8 Å². The van der Waals surface area contributed by atoms with E-state index in [9.17, 15) is 9.90 Å². The molecule has 0 radical (unpaired) electrons. The first kappa shape index (κ1) is 19.6. The third kappa shape index (κ3) is 3.65. The highest BCUT2D eigenvalue weighted by Crippen LogP contribution is 2.28. The van der Waals surface area contributed by atoms with Crippen molar-refractivity contribution in [3.8, 4) is 5.75 Å². The zero-order valence-electron chi connectivity index (χ0n) is 17.0. The van der Waals surface area contributed by atoms with E-state index >= 15 is 0 Å². The molecule has 2 N–H and O–H groups in total. The number of phenols is 1. The Morgan fingerprint density at radius 2 is 1.94 bits per heavy atom. The van der Waals surface area contributed by atoms with Crippen molar-refractivity contribution in [3.63, 3.8) is 0 Å². The van der Waals surface area contributed by atoms with Crippen LogP contribution in [-0.2, 0) is 11.8 Å². The molecule has 2 aromatic heterocycles. The molecule has 0 spiro atoms. The van der Waals surface area contributed by atoms with Gasteiger partial charge in [0.05, 0.1) is 11.0 Å². The Balaban J connectivity index is 1.27. The van der Waals surface area contributed by atoms with Gasteiger partial charge < -0.3 is 14.6 Å². The van der Waals surface area contributed by atoms with Crippen molar-refractivity contribution < 1.29 is 9.90 Å². The molecule has 0 unspecified atom stereocenters. The number of amides is 1. The number of halogens is 1. The number of hydrogen-bond acceptors (Lipinski definition) is 5. The van der Waals surface area contributed by atoms with Gasteiger partial charge in [-0.3, -0.25) is 10.1 Å². The van der Waals surface area contributed by atoms with E-state index in [1.807, 2.05) is 48.0 Å². The maximum absolute atomic E-state index is 12.9. The van der Waals surface area contributed by atoms with E-state index in [1.54, 1.807) is 12.1 Å². The van der Waals surface area contributed by atoms with Gasteiger partial charge in [-0.1, -0.05) is 23.7 Å². The molecule has 0 saturated carbocycles. The molecule has 0 bridgehead atoms. The highest BCUT2D eigenvalue weighted by Gasteiger charge is 2.27. The van der Waals surface area contributed by atoms with Crippen LogP contribution in [0.1, 0.15) is 12.8 Å². The predicted octanol–water partition coefficient (Wildman–Crippen LogP) is 4.34. The lowest BCUT2D eigenvalue weighted by atomic mass is 9.96. The van der Waals surface area contributed by atoms with Crippen molar-refractivity contribution in [2.75, 3.05) is 23.3 Å². The van der Waals surface area contributed by atoms with E-state index in [2.05, 4.69) is 20.2 Å². The van der Waals surface area contributed by atoms with E-state index in [4.69, 9.17) is 11.6 Å². The number of fused-ring (bicyclic) bond motifs is 2. The Kier molecular flexibility index (Phi) is 4.90. The number of aryl methyl sites for hydroxylation is 1.